The molecule has 0 radical (unpaired) electrons. The summed E-state index contributed by atoms with van der Waals surface area (Å²) in [5.74, 6) is 0.170. The molecule has 0 fully saturated rings. The molecule has 0 saturated heterocycles. The topological polar surface area (TPSA) is 68.2 Å². The minimum absolute atomic E-state index is 0.234. The van der Waals surface area contributed by atoms with Crippen LogP contribution in [0.2, 0.25) is 0 Å². The maximum atomic E-state index is 12.2. The van der Waals surface area contributed by atoms with Crippen LogP contribution in [0.4, 0.5) is 5.69 Å². The van der Waals surface area contributed by atoms with Crippen molar-refractivity contribution in [1.82, 2.24) is 15.2 Å². The molecule has 0 unspecified atom stereocenters. The van der Waals surface area contributed by atoms with Crippen LogP contribution in [0.5, 0.6) is 5.88 Å². The van der Waals surface area contributed by atoms with Crippen molar-refractivity contribution >= 4 is 11.6 Å². The summed E-state index contributed by atoms with van der Waals surface area (Å²) in [6, 6.07) is 6.74. The maximum Gasteiger partial charge on any atom is 0.276 e. The molecule has 0 saturated carbocycles. The van der Waals surface area contributed by atoms with E-state index in [-0.39, 0.29) is 5.91 Å². The lowest BCUT2D eigenvalue weighted by molar-refractivity contribution is 0.0987. The number of methoxy groups -OCH3 is 1. The summed E-state index contributed by atoms with van der Waals surface area (Å²) in [6.07, 6.45) is 3.04. The number of carbonyl (C=O) groups excluding carboxylic acids is 1. The fourth-order valence-electron chi connectivity index (χ4n) is 1.42. The number of ether oxygens (including phenoxy) is 1. The lowest BCUT2D eigenvalue weighted by Crippen LogP contribution is -2.27. The summed E-state index contributed by atoms with van der Waals surface area (Å²) >= 11 is 0. The van der Waals surface area contributed by atoms with E-state index in [2.05, 4.69) is 15.2 Å². The molecule has 6 nitrogen and oxygen atoms in total. The third-order valence-electron chi connectivity index (χ3n) is 2.41. The average Bonchev–Trinajstić information content (AvgIpc) is 2.46. The standard InChI is InChI=1S/C12H12N4O2/c1-16(9-6-7-13-14-8-9)12(17)10-4-3-5-11(15-10)18-2/h3-8H,1-2H3. The van der Waals surface area contributed by atoms with Gasteiger partial charge in [0.15, 0.2) is 0 Å². The maximum absolute atomic E-state index is 12.2. The molecule has 0 N–H and O–H groups in total. The lowest BCUT2D eigenvalue weighted by Gasteiger charge is -2.16. The largest absolute Gasteiger partial charge is 0.481 e. The summed E-state index contributed by atoms with van der Waals surface area (Å²) in [5.41, 5.74) is 0.966. The van der Waals surface area contributed by atoms with E-state index in [4.69, 9.17) is 4.74 Å². The van der Waals surface area contributed by atoms with Gasteiger partial charge in [-0.05, 0) is 12.1 Å². The van der Waals surface area contributed by atoms with E-state index in [0.29, 0.717) is 17.3 Å². The molecule has 2 rings (SSSR count). The van der Waals surface area contributed by atoms with Gasteiger partial charge in [-0.15, -0.1) is 0 Å². The second-order valence-corrected chi connectivity index (χ2v) is 3.53. The van der Waals surface area contributed by atoms with Crippen molar-refractivity contribution in [2.75, 3.05) is 19.1 Å². The zero-order valence-electron chi connectivity index (χ0n) is 10.1. The molecule has 92 valence electrons. The van der Waals surface area contributed by atoms with Crippen molar-refractivity contribution < 1.29 is 9.53 Å². The van der Waals surface area contributed by atoms with Gasteiger partial charge in [0.05, 0.1) is 25.2 Å². The third kappa shape index (κ3) is 2.42. The number of rotatable bonds is 3. The Balaban J connectivity index is 2.25. The predicted octanol–water partition coefficient (Wildman–Crippen LogP) is 1.16. The fraction of sp³-hybridized carbons (Fsp3) is 0.167. The van der Waals surface area contributed by atoms with Crippen LogP contribution in [-0.4, -0.2) is 35.2 Å². The van der Waals surface area contributed by atoms with E-state index in [1.54, 1.807) is 31.3 Å². The molecule has 0 aliphatic rings. The summed E-state index contributed by atoms with van der Waals surface area (Å²) < 4.78 is 4.99. The lowest BCUT2D eigenvalue weighted by atomic mass is 10.3. The zero-order chi connectivity index (χ0) is 13.0. The Morgan fingerprint density at radius 1 is 1.28 bits per heavy atom. The zero-order valence-corrected chi connectivity index (χ0v) is 10.1. The highest BCUT2D eigenvalue weighted by Crippen LogP contribution is 2.13. The molecule has 0 aliphatic carbocycles. The average molecular weight is 244 g/mol. The van der Waals surface area contributed by atoms with E-state index in [1.165, 1.54) is 24.4 Å². The summed E-state index contributed by atoms with van der Waals surface area (Å²) in [6.45, 7) is 0. The van der Waals surface area contributed by atoms with Gasteiger partial charge in [-0.2, -0.15) is 10.2 Å². The van der Waals surface area contributed by atoms with Crippen molar-refractivity contribution in [3.8, 4) is 5.88 Å². The smallest absolute Gasteiger partial charge is 0.276 e. The Kier molecular flexibility index (Phi) is 3.47. The van der Waals surface area contributed by atoms with Gasteiger partial charge in [0.25, 0.3) is 5.91 Å². The van der Waals surface area contributed by atoms with Crippen LogP contribution in [0.3, 0.4) is 0 Å². The summed E-state index contributed by atoms with van der Waals surface area (Å²) in [4.78, 5) is 17.7. The Bertz CT molecular complexity index is 545. The number of nitrogens with zero attached hydrogens (tertiary/aromatic N) is 4. The molecule has 6 heteroatoms. The van der Waals surface area contributed by atoms with Crippen LogP contribution >= 0.6 is 0 Å². The number of amides is 1. The highest BCUT2D eigenvalue weighted by Gasteiger charge is 2.15. The monoisotopic (exact) mass is 244 g/mol. The molecule has 2 aromatic heterocycles. The normalized spacial score (nSPS) is 9.89. The van der Waals surface area contributed by atoms with Crippen molar-refractivity contribution in [3.63, 3.8) is 0 Å². The first-order chi connectivity index (χ1) is 8.72. The van der Waals surface area contributed by atoms with Gasteiger partial charge < -0.3 is 9.64 Å². The van der Waals surface area contributed by atoms with Gasteiger partial charge in [0, 0.05) is 13.1 Å². The number of hydrogen-bond acceptors (Lipinski definition) is 5. The molecule has 1 amide bonds. The highest BCUT2D eigenvalue weighted by molar-refractivity contribution is 6.04. The van der Waals surface area contributed by atoms with Crippen LogP contribution in [0.15, 0.2) is 36.7 Å². The van der Waals surface area contributed by atoms with Gasteiger partial charge in [0.1, 0.15) is 5.69 Å². The number of hydrogen-bond donors (Lipinski definition) is 0. The SMILES string of the molecule is COc1cccc(C(=O)N(C)c2ccnnc2)n1. The van der Waals surface area contributed by atoms with E-state index in [9.17, 15) is 4.79 Å². The molecule has 2 heterocycles. The highest BCUT2D eigenvalue weighted by atomic mass is 16.5. The third-order valence-corrected chi connectivity index (χ3v) is 2.41. The van der Waals surface area contributed by atoms with Crippen LogP contribution in [-0.2, 0) is 0 Å². The Morgan fingerprint density at radius 3 is 2.78 bits per heavy atom. The van der Waals surface area contributed by atoms with Crippen LogP contribution in [0.1, 0.15) is 10.5 Å². The first-order valence-electron chi connectivity index (χ1n) is 5.28. The molecular weight excluding hydrogens is 232 g/mol. The molecule has 0 aliphatic heterocycles. The number of aromatic nitrogens is 3. The molecule has 0 aromatic carbocycles. The van der Waals surface area contributed by atoms with Gasteiger partial charge in [-0.3, -0.25) is 4.79 Å². The number of carbonyl (C=O) groups is 1. The van der Waals surface area contributed by atoms with E-state index < -0.39 is 0 Å². The minimum Gasteiger partial charge on any atom is -0.481 e. The van der Waals surface area contributed by atoms with Crippen molar-refractivity contribution in [1.29, 1.82) is 0 Å². The van der Waals surface area contributed by atoms with Crippen molar-refractivity contribution in [3.05, 3.63) is 42.4 Å². The van der Waals surface area contributed by atoms with Gasteiger partial charge in [-0.25, -0.2) is 4.98 Å². The van der Waals surface area contributed by atoms with E-state index >= 15 is 0 Å². The van der Waals surface area contributed by atoms with Gasteiger partial charge >= 0.3 is 0 Å². The van der Waals surface area contributed by atoms with Crippen LogP contribution < -0.4 is 9.64 Å². The molecular formula is C12H12N4O2. The Labute approximate surface area is 104 Å². The molecule has 18 heavy (non-hydrogen) atoms. The molecule has 0 atom stereocenters. The first-order valence-corrected chi connectivity index (χ1v) is 5.28. The quantitative estimate of drug-likeness (QED) is 0.810. The van der Waals surface area contributed by atoms with E-state index in [1.807, 2.05) is 0 Å². The molecule has 2 aromatic rings. The first kappa shape index (κ1) is 12.0. The number of anilines is 1. The van der Waals surface area contributed by atoms with Crippen molar-refractivity contribution in [2.24, 2.45) is 0 Å². The molecule has 0 bridgehead atoms. The van der Waals surface area contributed by atoms with Crippen molar-refractivity contribution in [2.45, 2.75) is 0 Å². The van der Waals surface area contributed by atoms with Gasteiger partial charge in [-0.1, -0.05) is 6.07 Å². The second kappa shape index (κ2) is 5.22. The predicted molar refractivity (Wildman–Crippen MR) is 65.6 cm³/mol. The Hall–Kier alpha value is -2.50. The Morgan fingerprint density at radius 2 is 2.11 bits per heavy atom. The minimum atomic E-state index is -0.234. The van der Waals surface area contributed by atoms with Crippen LogP contribution in [0, 0.1) is 0 Å². The van der Waals surface area contributed by atoms with Gasteiger partial charge in [0.2, 0.25) is 5.88 Å². The fourth-order valence-corrected chi connectivity index (χ4v) is 1.42. The second-order valence-electron chi connectivity index (χ2n) is 3.53. The van der Waals surface area contributed by atoms with Crippen LogP contribution in [0.25, 0.3) is 0 Å². The summed E-state index contributed by atoms with van der Waals surface area (Å²) in [5, 5.41) is 7.39. The summed E-state index contributed by atoms with van der Waals surface area (Å²) in [7, 11) is 3.16. The molecule has 0 spiro atoms. The number of pyridine rings is 1. The van der Waals surface area contributed by atoms with E-state index in [0.717, 1.165) is 0 Å².